The van der Waals surface area contributed by atoms with Gasteiger partial charge in [0.15, 0.2) is 5.13 Å². The van der Waals surface area contributed by atoms with Gasteiger partial charge in [-0.2, -0.15) is 0 Å². The molecule has 1 fully saturated rings. The average Bonchev–Trinajstić information content (AvgIpc) is 3.28. The molecule has 0 radical (unpaired) electrons. The van der Waals surface area contributed by atoms with E-state index in [1.807, 2.05) is 42.6 Å². The quantitative estimate of drug-likeness (QED) is 0.526. The van der Waals surface area contributed by atoms with Crippen LogP contribution in [-0.2, 0) is 16.1 Å². The molecule has 6 nitrogen and oxygen atoms in total. The Hall–Kier alpha value is -3.03. The van der Waals surface area contributed by atoms with Crippen molar-refractivity contribution in [3.8, 4) is 11.3 Å². The molecular weight excluding hydrogens is 432 g/mol. The molecule has 3 aromatic rings. The Labute approximate surface area is 199 Å². The van der Waals surface area contributed by atoms with Gasteiger partial charge < -0.3 is 10.6 Å². The third kappa shape index (κ3) is 6.27. The van der Waals surface area contributed by atoms with E-state index in [2.05, 4.69) is 44.8 Å². The monoisotopic (exact) mass is 462 g/mol. The summed E-state index contributed by atoms with van der Waals surface area (Å²) in [6.45, 7) is 6.15. The highest BCUT2D eigenvalue weighted by Gasteiger charge is 2.26. The van der Waals surface area contributed by atoms with Gasteiger partial charge in [0.1, 0.15) is 0 Å². The minimum atomic E-state index is -0.0485. The number of amides is 2. The lowest BCUT2D eigenvalue weighted by Gasteiger charge is -2.31. The molecule has 0 aliphatic carbocycles. The minimum absolute atomic E-state index is 0.0237. The molecule has 2 amide bonds. The molecule has 0 saturated carbocycles. The van der Waals surface area contributed by atoms with Gasteiger partial charge in [0.05, 0.1) is 17.7 Å². The normalized spacial score (nSPS) is 17.3. The maximum absolute atomic E-state index is 12.9. The molecule has 7 heteroatoms. The number of thiazole rings is 1. The summed E-state index contributed by atoms with van der Waals surface area (Å²) in [6.07, 6.45) is 1.93. The predicted octanol–water partition coefficient (Wildman–Crippen LogP) is 4.86. The van der Waals surface area contributed by atoms with Crippen LogP contribution in [0.5, 0.6) is 0 Å². The van der Waals surface area contributed by atoms with E-state index in [9.17, 15) is 9.59 Å². The SMILES string of the molecule is CC(=O)NC(C)c1ccc(-c2csc(NC(=O)C3CCCN(Cc4ccccc4)C3)n2)cc1. The van der Waals surface area contributed by atoms with Crippen LogP contribution in [0.1, 0.15) is 43.9 Å². The number of benzene rings is 2. The standard InChI is InChI=1S/C26H30N4O2S/c1-18(27-19(2)31)21-10-12-22(13-11-21)24-17-33-26(28-24)29-25(32)23-9-6-14-30(16-23)15-20-7-4-3-5-8-20/h3-5,7-8,10-13,17-18,23H,6,9,14-16H2,1-2H3,(H,27,31)(H,28,29,32). The molecule has 4 rings (SSSR count). The Kier molecular flexibility index (Phi) is 7.52. The van der Waals surface area contributed by atoms with Crippen LogP contribution < -0.4 is 10.6 Å². The van der Waals surface area contributed by atoms with E-state index in [1.54, 1.807) is 0 Å². The molecule has 172 valence electrons. The van der Waals surface area contributed by atoms with Crippen molar-refractivity contribution in [2.45, 2.75) is 39.3 Å². The van der Waals surface area contributed by atoms with Crippen LogP contribution in [0.25, 0.3) is 11.3 Å². The Morgan fingerprint density at radius 1 is 1.15 bits per heavy atom. The molecule has 1 aromatic heterocycles. The predicted molar refractivity (Wildman–Crippen MR) is 133 cm³/mol. The largest absolute Gasteiger partial charge is 0.350 e. The summed E-state index contributed by atoms with van der Waals surface area (Å²) in [4.78, 5) is 31.2. The van der Waals surface area contributed by atoms with Crippen molar-refractivity contribution >= 4 is 28.3 Å². The maximum atomic E-state index is 12.9. The molecule has 2 N–H and O–H groups in total. The number of likely N-dealkylation sites (tertiary alicyclic amines) is 1. The number of anilines is 1. The highest BCUT2D eigenvalue weighted by atomic mass is 32.1. The molecule has 1 aliphatic heterocycles. The summed E-state index contributed by atoms with van der Waals surface area (Å²) in [6, 6.07) is 18.3. The van der Waals surface area contributed by atoms with Crippen LogP contribution in [0.3, 0.4) is 0 Å². The fourth-order valence-electron chi connectivity index (χ4n) is 4.26. The Morgan fingerprint density at radius 2 is 1.91 bits per heavy atom. The van der Waals surface area contributed by atoms with Gasteiger partial charge in [0.2, 0.25) is 11.8 Å². The summed E-state index contributed by atoms with van der Waals surface area (Å²) < 4.78 is 0. The highest BCUT2D eigenvalue weighted by Crippen LogP contribution is 2.27. The number of hydrogen-bond acceptors (Lipinski definition) is 5. The minimum Gasteiger partial charge on any atom is -0.350 e. The van der Waals surface area contributed by atoms with Crippen LogP contribution >= 0.6 is 11.3 Å². The zero-order valence-corrected chi connectivity index (χ0v) is 19.9. The number of carbonyl (C=O) groups excluding carboxylic acids is 2. The fraction of sp³-hybridized carbons (Fsp3) is 0.346. The Bertz CT molecular complexity index is 1080. The van der Waals surface area contributed by atoms with Crippen LogP contribution in [0.4, 0.5) is 5.13 Å². The second kappa shape index (κ2) is 10.7. The molecular formula is C26H30N4O2S. The maximum Gasteiger partial charge on any atom is 0.230 e. The van der Waals surface area contributed by atoms with Crippen molar-refractivity contribution in [2.75, 3.05) is 18.4 Å². The third-order valence-electron chi connectivity index (χ3n) is 5.99. The number of nitrogens with one attached hydrogen (secondary N) is 2. The van der Waals surface area contributed by atoms with E-state index in [0.29, 0.717) is 5.13 Å². The lowest BCUT2D eigenvalue weighted by Crippen LogP contribution is -2.40. The lowest BCUT2D eigenvalue weighted by molar-refractivity contribution is -0.121. The van der Waals surface area contributed by atoms with Crippen LogP contribution in [0.15, 0.2) is 60.0 Å². The summed E-state index contributed by atoms with van der Waals surface area (Å²) in [5.74, 6) is -0.0230. The van der Waals surface area contributed by atoms with Crippen molar-refractivity contribution in [3.05, 3.63) is 71.1 Å². The molecule has 2 atom stereocenters. The van der Waals surface area contributed by atoms with Crippen LogP contribution in [0.2, 0.25) is 0 Å². The first kappa shape index (κ1) is 23.1. The summed E-state index contributed by atoms with van der Waals surface area (Å²) in [5, 5.41) is 8.51. The van der Waals surface area contributed by atoms with Crippen molar-refractivity contribution in [2.24, 2.45) is 5.92 Å². The van der Waals surface area contributed by atoms with E-state index in [4.69, 9.17) is 0 Å². The van der Waals surface area contributed by atoms with E-state index in [0.717, 1.165) is 49.3 Å². The molecule has 1 saturated heterocycles. The summed E-state index contributed by atoms with van der Waals surface area (Å²) in [5.41, 5.74) is 4.14. The smallest absolute Gasteiger partial charge is 0.230 e. The van der Waals surface area contributed by atoms with Crippen LogP contribution in [-0.4, -0.2) is 34.8 Å². The van der Waals surface area contributed by atoms with Gasteiger partial charge in [-0.25, -0.2) is 4.98 Å². The number of carbonyl (C=O) groups is 2. The van der Waals surface area contributed by atoms with Crippen LogP contribution in [0, 0.1) is 5.92 Å². The number of piperidine rings is 1. The highest BCUT2D eigenvalue weighted by molar-refractivity contribution is 7.14. The number of hydrogen-bond donors (Lipinski definition) is 2. The third-order valence-corrected chi connectivity index (χ3v) is 6.74. The topological polar surface area (TPSA) is 74.3 Å². The first-order valence-electron chi connectivity index (χ1n) is 11.4. The van der Waals surface area contributed by atoms with Gasteiger partial charge in [-0.1, -0.05) is 54.6 Å². The molecule has 2 heterocycles. The van der Waals surface area contributed by atoms with Crippen molar-refractivity contribution in [1.29, 1.82) is 0 Å². The van der Waals surface area contributed by atoms with Gasteiger partial charge in [0.25, 0.3) is 0 Å². The van der Waals surface area contributed by atoms with Gasteiger partial charge in [-0.3, -0.25) is 14.5 Å². The zero-order chi connectivity index (χ0) is 23.2. The first-order valence-corrected chi connectivity index (χ1v) is 12.3. The summed E-state index contributed by atoms with van der Waals surface area (Å²) in [7, 11) is 0. The van der Waals surface area contributed by atoms with Crippen molar-refractivity contribution in [1.82, 2.24) is 15.2 Å². The molecule has 2 aromatic carbocycles. The van der Waals surface area contributed by atoms with E-state index in [1.165, 1.54) is 23.8 Å². The first-order chi connectivity index (χ1) is 16.0. The molecule has 0 bridgehead atoms. The van der Waals surface area contributed by atoms with Gasteiger partial charge in [-0.05, 0) is 37.4 Å². The molecule has 33 heavy (non-hydrogen) atoms. The van der Waals surface area contributed by atoms with Gasteiger partial charge >= 0.3 is 0 Å². The molecule has 2 unspecified atom stereocenters. The second-order valence-electron chi connectivity index (χ2n) is 8.63. The van der Waals surface area contributed by atoms with E-state index in [-0.39, 0.29) is 23.8 Å². The van der Waals surface area contributed by atoms with Gasteiger partial charge in [0, 0.05) is 31.0 Å². The average molecular weight is 463 g/mol. The number of rotatable bonds is 7. The number of aromatic nitrogens is 1. The van der Waals surface area contributed by atoms with E-state index >= 15 is 0 Å². The lowest BCUT2D eigenvalue weighted by atomic mass is 9.97. The van der Waals surface area contributed by atoms with E-state index < -0.39 is 0 Å². The fourth-order valence-corrected chi connectivity index (χ4v) is 4.98. The summed E-state index contributed by atoms with van der Waals surface area (Å²) >= 11 is 1.45. The Balaban J connectivity index is 1.34. The molecule has 1 aliphatic rings. The van der Waals surface area contributed by atoms with Crippen molar-refractivity contribution in [3.63, 3.8) is 0 Å². The molecule has 0 spiro atoms. The van der Waals surface area contributed by atoms with Crippen molar-refractivity contribution < 1.29 is 9.59 Å². The van der Waals surface area contributed by atoms with Gasteiger partial charge in [-0.15, -0.1) is 11.3 Å². The number of nitrogens with zero attached hydrogens (tertiary/aromatic N) is 2. The zero-order valence-electron chi connectivity index (χ0n) is 19.1. The Morgan fingerprint density at radius 3 is 2.64 bits per heavy atom. The second-order valence-corrected chi connectivity index (χ2v) is 9.49.